The van der Waals surface area contributed by atoms with Crippen LogP contribution in [-0.2, 0) is 0 Å². The van der Waals surface area contributed by atoms with E-state index in [2.05, 4.69) is 20.5 Å². The smallest absolute Gasteiger partial charge is 0.288 e. The minimum atomic E-state index is -0.208. The topological polar surface area (TPSA) is 96.7 Å². The molecule has 0 bridgehead atoms. The molecule has 6 nitrogen and oxygen atoms in total. The van der Waals surface area contributed by atoms with Crippen LogP contribution >= 0.6 is 0 Å². The predicted octanol–water partition coefficient (Wildman–Crippen LogP) is 0.553. The third-order valence-electron chi connectivity index (χ3n) is 3.67. The van der Waals surface area contributed by atoms with Crippen LogP contribution in [0.1, 0.15) is 36.3 Å². The molecule has 4 N–H and O–H groups in total. The second-order valence-electron chi connectivity index (χ2n) is 5.09. The van der Waals surface area contributed by atoms with Gasteiger partial charge in [0.15, 0.2) is 0 Å². The number of H-pyrrole nitrogens is 1. The number of nitrogen functional groups attached to an aromatic ring is 1. The number of aromatic nitrogens is 3. The molecule has 17 heavy (non-hydrogen) atoms. The highest BCUT2D eigenvalue weighted by atomic mass is 16.2. The fourth-order valence-electron chi connectivity index (χ4n) is 2.44. The van der Waals surface area contributed by atoms with E-state index in [4.69, 9.17) is 5.73 Å². The molecular formula is C11H17N5O. The van der Waals surface area contributed by atoms with Crippen molar-refractivity contribution in [1.82, 2.24) is 20.5 Å². The van der Waals surface area contributed by atoms with Crippen LogP contribution in [0.5, 0.6) is 0 Å². The summed E-state index contributed by atoms with van der Waals surface area (Å²) in [5.74, 6) is 2.44. The second-order valence-corrected chi connectivity index (χ2v) is 5.09. The van der Waals surface area contributed by atoms with Crippen molar-refractivity contribution >= 4 is 11.9 Å². The van der Waals surface area contributed by atoms with Crippen LogP contribution in [0.15, 0.2) is 0 Å². The Kier molecular flexibility index (Phi) is 2.49. The number of hydrogen-bond acceptors (Lipinski definition) is 4. The summed E-state index contributed by atoms with van der Waals surface area (Å²) in [5, 5.41) is 9.09. The molecule has 1 amide bonds. The van der Waals surface area contributed by atoms with Crippen molar-refractivity contribution in [3.05, 3.63) is 5.82 Å². The summed E-state index contributed by atoms with van der Waals surface area (Å²) >= 11 is 0. The van der Waals surface area contributed by atoms with Gasteiger partial charge in [-0.25, -0.2) is 0 Å². The summed E-state index contributed by atoms with van der Waals surface area (Å²) < 4.78 is 0. The maximum Gasteiger partial charge on any atom is 0.288 e. The normalized spacial score (nSPS) is 19.6. The summed E-state index contributed by atoms with van der Waals surface area (Å²) in [5.41, 5.74) is 5.36. The molecule has 1 aromatic rings. The molecule has 6 heteroatoms. The first kappa shape index (κ1) is 10.6. The molecule has 0 unspecified atom stereocenters. The first-order valence-corrected chi connectivity index (χ1v) is 6.20. The van der Waals surface area contributed by atoms with E-state index in [1.165, 1.54) is 25.7 Å². The Hall–Kier alpha value is -1.59. The van der Waals surface area contributed by atoms with Gasteiger partial charge in [0.1, 0.15) is 0 Å². The van der Waals surface area contributed by atoms with Crippen LogP contribution in [0.25, 0.3) is 0 Å². The Morgan fingerprint density at radius 2 is 2.06 bits per heavy atom. The zero-order valence-electron chi connectivity index (χ0n) is 9.65. The lowest BCUT2D eigenvalue weighted by molar-refractivity contribution is 0.0933. The zero-order chi connectivity index (χ0) is 11.8. The van der Waals surface area contributed by atoms with Gasteiger partial charge in [0.2, 0.25) is 11.8 Å². The second kappa shape index (κ2) is 4.01. The van der Waals surface area contributed by atoms with E-state index < -0.39 is 0 Å². The predicted molar refractivity (Wildman–Crippen MR) is 62.1 cm³/mol. The number of nitrogens with zero attached hydrogens (tertiary/aromatic N) is 2. The van der Waals surface area contributed by atoms with Crippen molar-refractivity contribution in [3.8, 4) is 0 Å². The largest absolute Gasteiger partial charge is 0.366 e. The summed E-state index contributed by atoms with van der Waals surface area (Å²) in [6.07, 6.45) is 5.30. The molecule has 2 aliphatic rings. The van der Waals surface area contributed by atoms with E-state index in [0.717, 1.165) is 18.4 Å². The van der Waals surface area contributed by atoms with E-state index in [1.807, 2.05) is 0 Å². The molecule has 0 saturated heterocycles. The number of nitrogens with two attached hydrogens (primary N) is 1. The summed E-state index contributed by atoms with van der Waals surface area (Å²) in [6, 6.07) is 0. The van der Waals surface area contributed by atoms with Gasteiger partial charge < -0.3 is 11.1 Å². The van der Waals surface area contributed by atoms with Crippen molar-refractivity contribution < 1.29 is 4.79 Å². The lowest BCUT2D eigenvalue weighted by Crippen LogP contribution is -2.31. The number of aromatic amines is 1. The van der Waals surface area contributed by atoms with Crippen molar-refractivity contribution in [2.24, 2.45) is 17.8 Å². The maximum absolute atomic E-state index is 11.7. The first-order valence-electron chi connectivity index (χ1n) is 6.20. The molecule has 0 radical (unpaired) electrons. The maximum atomic E-state index is 11.7. The van der Waals surface area contributed by atoms with Gasteiger partial charge in [-0.1, -0.05) is 0 Å². The molecule has 1 heterocycles. The van der Waals surface area contributed by atoms with Crippen LogP contribution in [0, 0.1) is 17.8 Å². The van der Waals surface area contributed by atoms with Crippen LogP contribution in [0.3, 0.4) is 0 Å². The fourth-order valence-corrected chi connectivity index (χ4v) is 2.44. The van der Waals surface area contributed by atoms with Gasteiger partial charge in [0.25, 0.3) is 5.91 Å². The quantitative estimate of drug-likeness (QED) is 0.694. The summed E-state index contributed by atoms with van der Waals surface area (Å²) in [4.78, 5) is 15.6. The van der Waals surface area contributed by atoms with Crippen molar-refractivity contribution in [2.75, 3.05) is 12.3 Å². The highest BCUT2D eigenvalue weighted by Crippen LogP contribution is 2.48. The Balaban J connectivity index is 1.54. The van der Waals surface area contributed by atoms with Crippen LogP contribution in [-0.4, -0.2) is 27.6 Å². The van der Waals surface area contributed by atoms with Crippen molar-refractivity contribution in [3.63, 3.8) is 0 Å². The Morgan fingerprint density at radius 3 is 2.53 bits per heavy atom. The number of nitrogens with one attached hydrogen (secondary N) is 2. The Bertz CT molecular complexity index is 409. The molecule has 0 aromatic carbocycles. The average Bonchev–Trinajstić information content (AvgIpc) is 3.20. The van der Waals surface area contributed by atoms with Crippen LogP contribution in [0.4, 0.5) is 5.95 Å². The third kappa shape index (κ3) is 2.40. The zero-order valence-corrected chi connectivity index (χ0v) is 9.65. The summed E-state index contributed by atoms with van der Waals surface area (Å²) in [7, 11) is 0. The van der Waals surface area contributed by atoms with Crippen LogP contribution < -0.4 is 11.1 Å². The number of hydrogen-bond donors (Lipinski definition) is 3. The van der Waals surface area contributed by atoms with Crippen LogP contribution in [0.2, 0.25) is 0 Å². The number of amides is 1. The van der Waals surface area contributed by atoms with E-state index >= 15 is 0 Å². The summed E-state index contributed by atoms with van der Waals surface area (Å²) in [6.45, 7) is 0.759. The van der Waals surface area contributed by atoms with Gasteiger partial charge in [0, 0.05) is 6.54 Å². The molecule has 0 atom stereocenters. The highest BCUT2D eigenvalue weighted by Gasteiger charge is 2.41. The minimum absolute atomic E-state index is 0.107. The lowest BCUT2D eigenvalue weighted by Gasteiger charge is -2.15. The molecule has 0 aliphatic heterocycles. The van der Waals surface area contributed by atoms with Gasteiger partial charge in [-0.2, -0.15) is 4.98 Å². The van der Waals surface area contributed by atoms with E-state index in [-0.39, 0.29) is 17.7 Å². The first-order chi connectivity index (χ1) is 8.24. The number of rotatable bonds is 5. The van der Waals surface area contributed by atoms with E-state index in [0.29, 0.717) is 5.92 Å². The molecule has 92 valence electrons. The van der Waals surface area contributed by atoms with Crippen molar-refractivity contribution in [1.29, 1.82) is 0 Å². The van der Waals surface area contributed by atoms with E-state index in [1.54, 1.807) is 0 Å². The molecule has 2 aliphatic carbocycles. The number of carbonyl (C=O) groups is 1. The number of anilines is 1. The molecule has 3 rings (SSSR count). The molecule has 2 fully saturated rings. The molecule has 1 aromatic heterocycles. The van der Waals surface area contributed by atoms with Gasteiger partial charge in [0.05, 0.1) is 0 Å². The fraction of sp³-hybridized carbons (Fsp3) is 0.727. The van der Waals surface area contributed by atoms with Gasteiger partial charge in [-0.05, 0) is 43.4 Å². The van der Waals surface area contributed by atoms with Gasteiger partial charge in [-0.3, -0.25) is 9.89 Å². The average molecular weight is 235 g/mol. The Morgan fingerprint density at radius 1 is 1.41 bits per heavy atom. The van der Waals surface area contributed by atoms with E-state index in [9.17, 15) is 4.79 Å². The molecular weight excluding hydrogens is 218 g/mol. The number of carbonyl (C=O) groups excluding carboxylic acids is 1. The van der Waals surface area contributed by atoms with Crippen molar-refractivity contribution in [2.45, 2.75) is 25.7 Å². The third-order valence-corrected chi connectivity index (χ3v) is 3.67. The minimum Gasteiger partial charge on any atom is -0.366 e. The Labute approximate surface area is 99.4 Å². The molecule has 2 saturated carbocycles. The van der Waals surface area contributed by atoms with Gasteiger partial charge in [-0.15, -0.1) is 5.10 Å². The SMILES string of the molecule is Nc1n[nH]c(C(=O)NCC(C2CC2)C2CC2)n1. The molecule has 0 spiro atoms. The monoisotopic (exact) mass is 235 g/mol. The highest BCUT2D eigenvalue weighted by molar-refractivity contribution is 5.90. The van der Waals surface area contributed by atoms with Gasteiger partial charge >= 0.3 is 0 Å². The standard InChI is InChI=1S/C11H17N5O/c12-11-14-9(15-16-11)10(17)13-5-8(6-1-2-6)7-3-4-7/h6-8H,1-5H2,(H,13,17)(H3,12,14,15,16). The lowest BCUT2D eigenvalue weighted by atomic mass is 9.98.